The van der Waals surface area contributed by atoms with Crippen molar-refractivity contribution in [3.63, 3.8) is 0 Å². The second kappa shape index (κ2) is 7.64. The number of benzene rings is 2. The van der Waals surface area contributed by atoms with Crippen molar-refractivity contribution in [3.05, 3.63) is 71.8 Å². The summed E-state index contributed by atoms with van der Waals surface area (Å²) in [6, 6.07) is 19.7. The summed E-state index contributed by atoms with van der Waals surface area (Å²) in [7, 11) is 1.77. The van der Waals surface area contributed by atoms with Gasteiger partial charge >= 0.3 is 6.03 Å². The van der Waals surface area contributed by atoms with E-state index in [-0.39, 0.29) is 12.1 Å². The van der Waals surface area contributed by atoms with Gasteiger partial charge in [0.1, 0.15) is 0 Å². The molecule has 1 N–H and O–H groups in total. The molecule has 5 nitrogen and oxygen atoms in total. The third-order valence-corrected chi connectivity index (χ3v) is 3.95. The lowest BCUT2D eigenvalue weighted by atomic mass is 10.1. The van der Waals surface area contributed by atoms with Gasteiger partial charge in [0.15, 0.2) is 6.10 Å². The average molecular weight is 323 g/mol. The molecule has 1 aliphatic rings. The summed E-state index contributed by atoms with van der Waals surface area (Å²) < 4.78 is 0. The average Bonchev–Trinajstić information content (AvgIpc) is 3.10. The number of hydrogen-bond acceptors (Lipinski definition) is 3. The van der Waals surface area contributed by atoms with Crippen molar-refractivity contribution in [2.45, 2.75) is 19.1 Å². The minimum Gasteiger partial charge on any atom is -0.390 e. The van der Waals surface area contributed by atoms with Crippen LogP contribution in [-0.4, -0.2) is 36.3 Å². The van der Waals surface area contributed by atoms with Crippen molar-refractivity contribution >= 4 is 11.7 Å². The van der Waals surface area contributed by atoms with E-state index in [0.29, 0.717) is 19.5 Å². The van der Waals surface area contributed by atoms with Gasteiger partial charge in [0, 0.05) is 20.0 Å². The number of likely N-dealkylation sites (N-methyl/N-ethyl adjacent to an activating group) is 1. The summed E-state index contributed by atoms with van der Waals surface area (Å²) >= 11 is 0. The Bertz CT molecular complexity index is 701. The summed E-state index contributed by atoms with van der Waals surface area (Å²) in [6.45, 7) is 1.02. The van der Waals surface area contributed by atoms with Crippen molar-refractivity contribution < 1.29 is 9.63 Å². The standard InChI is InChI=1S/C19H21N3O2/c1-22(19(23)20-13-15-8-4-2-5-9-15)14-17-12-18(21-24-17)16-10-6-3-7-11-16/h2-11,17H,12-14H2,1H3,(H,20,23). The fourth-order valence-corrected chi connectivity index (χ4v) is 2.62. The number of carbonyl (C=O) groups excluding carboxylic acids is 1. The molecule has 0 aromatic heterocycles. The second-order valence-electron chi connectivity index (χ2n) is 5.86. The van der Waals surface area contributed by atoms with Crippen LogP contribution in [0.1, 0.15) is 17.5 Å². The largest absolute Gasteiger partial charge is 0.390 e. The van der Waals surface area contributed by atoms with Crippen LogP contribution in [0.5, 0.6) is 0 Å². The Balaban J connectivity index is 1.46. The maximum absolute atomic E-state index is 12.2. The van der Waals surface area contributed by atoms with E-state index in [0.717, 1.165) is 16.8 Å². The number of amides is 2. The number of rotatable bonds is 5. The van der Waals surface area contributed by atoms with Gasteiger partial charge in [-0.25, -0.2) is 4.79 Å². The van der Waals surface area contributed by atoms with Crippen molar-refractivity contribution in [1.82, 2.24) is 10.2 Å². The first-order valence-electron chi connectivity index (χ1n) is 8.03. The van der Waals surface area contributed by atoms with Crippen LogP contribution >= 0.6 is 0 Å². The summed E-state index contributed by atoms with van der Waals surface area (Å²) in [4.78, 5) is 19.3. The zero-order valence-corrected chi connectivity index (χ0v) is 13.7. The molecule has 1 unspecified atom stereocenters. The molecular weight excluding hydrogens is 302 g/mol. The molecule has 0 saturated carbocycles. The molecular formula is C19H21N3O2. The van der Waals surface area contributed by atoms with Crippen LogP contribution in [0.4, 0.5) is 4.79 Å². The van der Waals surface area contributed by atoms with Gasteiger partial charge in [-0.1, -0.05) is 65.8 Å². The van der Waals surface area contributed by atoms with E-state index in [1.165, 1.54) is 0 Å². The maximum Gasteiger partial charge on any atom is 0.317 e. The molecule has 1 aliphatic heterocycles. The maximum atomic E-state index is 12.2. The topological polar surface area (TPSA) is 53.9 Å². The molecule has 5 heteroatoms. The van der Waals surface area contributed by atoms with Gasteiger partial charge in [-0.05, 0) is 11.1 Å². The van der Waals surface area contributed by atoms with Crippen molar-refractivity contribution in [2.75, 3.05) is 13.6 Å². The molecule has 0 spiro atoms. The third kappa shape index (κ3) is 4.13. The smallest absolute Gasteiger partial charge is 0.317 e. The van der Waals surface area contributed by atoms with Crippen molar-refractivity contribution in [2.24, 2.45) is 5.16 Å². The zero-order valence-electron chi connectivity index (χ0n) is 13.7. The van der Waals surface area contributed by atoms with E-state index >= 15 is 0 Å². The highest BCUT2D eigenvalue weighted by Crippen LogP contribution is 2.17. The van der Waals surface area contributed by atoms with E-state index < -0.39 is 0 Å². The van der Waals surface area contributed by atoms with E-state index in [1.54, 1.807) is 11.9 Å². The monoisotopic (exact) mass is 323 g/mol. The van der Waals surface area contributed by atoms with Gasteiger partial charge in [0.05, 0.1) is 12.3 Å². The van der Waals surface area contributed by atoms with Crippen molar-refractivity contribution in [3.8, 4) is 0 Å². The van der Waals surface area contributed by atoms with Gasteiger partial charge < -0.3 is 15.1 Å². The Labute approximate surface area is 141 Å². The molecule has 24 heavy (non-hydrogen) atoms. The Morgan fingerprint density at radius 2 is 1.83 bits per heavy atom. The quantitative estimate of drug-likeness (QED) is 0.919. The zero-order chi connectivity index (χ0) is 16.8. The van der Waals surface area contributed by atoms with E-state index in [4.69, 9.17) is 4.84 Å². The van der Waals surface area contributed by atoms with Gasteiger partial charge in [0.2, 0.25) is 0 Å². The van der Waals surface area contributed by atoms with Gasteiger partial charge in [-0.15, -0.1) is 0 Å². The highest BCUT2D eigenvalue weighted by atomic mass is 16.6. The van der Waals surface area contributed by atoms with Gasteiger partial charge in [0.25, 0.3) is 0 Å². The lowest BCUT2D eigenvalue weighted by Crippen LogP contribution is -2.41. The normalized spacial score (nSPS) is 16.2. The number of oxime groups is 1. The third-order valence-electron chi connectivity index (χ3n) is 3.95. The molecule has 3 rings (SSSR count). The van der Waals surface area contributed by atoms with Crippen LogP contribution in [0.3, 0.4) is 0 Å². The molecule has 0 bridgehead atoms. The molecule has 0 radical (unpaired) electrons. The molecule has 124 valence electrons. The lowest BCUT2D eigenvalue weighted by molar-refractivity contribution is 0.0656. The number of carbonyl (C=O) groups is 1. The van der Waals surface area contributed by atoms with Gasteiger partial charge in [-0.3, -0.25) is 0 Å². The van der Waals surface area contributed by atoms with Crippen LogP contribution in [0, 0.1) is 0 Å². The number of nitrogens with zero attached hydrogens (tertiary/aromatic N) is 2. The number of urea groups is 1. The highest BCUT2D eigenvalue weighted by molar-refractivity contribution is 6.01. The summed E-state index contributed by atoms with van der Waals surface area (Å²) in [5, 5.41) is 7.06. The first kappa shape index (κ1) is 16.1. The summed E-state index contributed by atoms with van der Waals surface area (Å²) in [5.74, 6) is 0. The Morgan fingerprint density at radius 1 is 1.17 bits per heavy atom. The minimum atomic E-state index is -0.115. The van der Waals surface area contributed by atoms with Crippen LogP contribution in [0.25, 0.3) is 0 Å². The minimum absolute atomic E-state index is 0.104. The Hall–Kier alpha value is -2.82. The molecule has 0 aliphatic carbocycles. The molecule has 1 heterocycles. The SMILES string of the molecule is CN(CC1CC(c2ccccc2)=NO1)C(=O)NCc1ccccc1. The molecule has 0 saturated heterocycles. The first-order valence-corrected chi connectivity index (χ1v) is 8.03. The Morgan fingerprint density at radius 3 is 2.54 bits per heavy atom. The lowest BCUT2D eigenvalue weighted by Gasteiger charge is -2.20. The van der Waals surface area contributed by atoms with Crippen LogP contribution < -0.4 is 5.32 Å². The number of nitrogens with one attached hydrogen (secondary N) is 1. The fourth-order valence-electron chi connectivity index (χ4n) is 2.62. The van der Waals surface area contributed by atoms with Crippen LogP contribution in [0.2, 0.25) is 0 Å². The van der Waals surface area contributed by atoms with Crippen LogP contribution in [0.15, 0.2) is 65.8 Å². The number of hydrogen-bond donors (Lipinski definition) is 1. The molecule has 0 fully saturated rings. The first-order chi connectivity index (χ1) is 11.7. The molecule has 2 amide bonds. The fraction of sp³-hybridized carbons (Fsp3) is 0.263. The van der Waals surface area contributed by atoms with E-state index in [2.05, 4.69) is 10.5 Å². The predicted molar refractivity (Wildman–Crippen MR) is 93.8 cm³/mol. The molecule has 1 atom stereocenters. The molecule has 2 aromatic rings. The molecule has 2 aromatic carbocycles. The summed E-state index contributed by atoms with van der Waals surface area (Å²) in [6.07, 6.45) is 0.605. The van der Waals surface area contributed by atoms with Crippen molar-refractivity contribution in [1.29, 1.82) is 0 Å². The predicted octanol–water partition coefficient (Wildman–Crippen LogP) is 3.02. The summed E-state index contributed by atoms with van der Waals surface area (Å²) in [5.41, 5.74) is 3.07. The van der Waals surface area contributed by atoms with Gasteiger partial charge in [-0.2, -0.15) is 0 Å². The van der Waals surface area contributed by atoms with E-state index in [1.807, 2.05) is 60.7 Å². The second-order valence-corrected chi connectivity index (χ2v) is 5.86. The highest BCUT2D eigenvalue weighted by Gasteiger charge is 2.24. The van der Waals surface area contributed by atoms with E-state index in [9.17, 15) is 4.79 Å². The Kier molecular flexibility index (Phi) is 5.11. The van der Waals surface area contributed by atoms with Crippen LogP contribution in [-0.2, 0) is 11.4 Å².